The number of rotatable bonds is 11. The van der Waals surface area contributed by atoms with Crippen molar-refractivity contribution in [3.63, 3.8) is 0 Å². The third-order valence-electron chi connectivity index (χ3n) is 5.66. The Morgan fingerprint density at radius 3 is 2.42 bits per heavy atom. The van der Waals surface area contributed by atoms with E-state index in [1.165, 1.54) is 0 Å². The van der Waals surface area contributed by atoms with Gasteiger partial charge in [-0.15, -0.1) is 0 Å². The Kier molecular flexibility index (Phi) is 9.44. The fourth-order valence-corrected chi connectivity index (χ4v) is 4.35. The normalized spacial score (nSPS) is 11.8. The Labute approximate surface area is 236 Å². The van der Waals surface area contributed by atoms with Gasteiger partial charge in [-0.3, -0.25) is 9.36 Å². The Morgan fingerprint density at radius 1 is 0.974 bits per heavy atom. The molecular weight excluding hydrogens is 545 g/mol. The van der Waals surface area contributed by atoms with Gasteiger partial charge in [0.1, 0.15) is 24.0 Å². The number of carbonyl (C=O) groups is 1. The summed E-state index contributed by atoms with van der Waals surface area (Å²) in [6, 6.07) is 14.0. The highest BCUT2D eigenvalue weighted by molar-refractivity contribution is 6.35. The van der Waals surface area contributed by atoms with E-state index in [9.17, 15) is 4.79 Å². The molecule has 4 rings (SSSR count). The van der Waals surface area contributed by atoms with Gasteiger partial charge in [0.05, 0.1) is 0 Å². The standard InChI is InChI=1S/C27H28Cl3N7O/c1-17(2)11-23(26(38)32-14-18-3-6-20(28)7-4-18)34-24-13-25(37-10-9-31-16-37)36-27(35-24)33-15-19-5-8-21(29)12-22(19)30/h3-10,12-13,16-17,23H,11,14-15H2,1-2H3,(H,32,38)(H2,33,34,35,36). The van der Waals surface area contributed by atoms with Gasteiger partial charge in [-0.2, -0.15) is 9.97 Å². The summed E-state index contributed by atoms with van der Waals surface area (Å²) in [6.45, 7) is 4.92. The second-order valence-corrected chi connectivity index (χ2v) is 10.4. The van der Waals surface area contributed by atoms with Crippen LogP contribution in [0, 0.1) is 5.92 Å². The van der Waals surface area contributed by atoms with Crippen LogP contribution in [-0.2, 0) is 17.9 Å². The lowest BCUT2D eigenvalue weighted by molar-refractivity contribution is -0.122. The van der Waals surface area contributed by atoms with Crippen LogP contribution in [0.1, 0.15) is 31.4 Å². The molecule has 0 bridgehead atoms. The SMILES string of the molecule is CC(C)CC(Nc1cc(-n2ccnc2)nc(NCc2ccc(Cl)cc2Cl)n1)C(=O)NCc1ccc(Cl)cc1. The van der Waals surface area contributed by atoms with E-state index >= 15 is 0 Å². The number of nitrogens with zero attached hydrogens (tertiary/aromatic N) is 4. The van der Waals surface area contributed by atoms with Crippen molar-refractivity contribution in [1.29, 1.82) is 0 Å². The first-order chi connectivity index (χ1) is 18.3. The largest absolute Gasteiger partial charge is 0.358 e. The highest BCUT2D eigenvalue weighted by Gasteiger charge is 2.21. The summed E-state index contributed by atoms with van der Waals surface area (Å²) in [5, 5.41) is 11.3. The van der Waals surface area contributed by atoms with Crippen LogP contribution in [0.15, 0.2) is 67.3 Å². The van der Waals surface area contributed by atoms with Crippen molar-refractivity contribution in [3.8, 4) is 5.82 Å². The average Bonchev–Trinajstić information content (AvgIpc) is 3.42. The number of nitrogens with one attached hydrogen (secondary N) is 3. The molecule has 8 nitrogen and oxygen atoms in total. The van der Waals surface area contributed by atoms with Gasteiger partial charge >= 0.3 is 0 Å². The summed E-state index contributed by atoms with van der Waals surface area (Å²) >= 11 is 18.3. The van der Waals surface area contributed by atoms with Gasteiger partial charge in [0.15, 0.2) is 0 Å². The zero-order valence-corrected chi connectivity index (χ0v) is 23.2. The molecule has 0 aliphatic rings. The molecule has 0 aliphatic carbocycles. The number of aromatic nitrogens is 4. The van der Waals surface area contributed by atoms with E-state index < -0.39 is 6.04 Å². The quantitative estimate of drug-likeness (QED) is 0.193. The molecule has 2 heterocycles. The third-order valence-corrected chi connectivity index (χ3v) is 6.50. The lowest BCUT2D eigenvalue weighted by Gasteiger charge is -2.21. The summed E-state index contributed by atoms with van der Waals surface area (Å²) in [5.74, 6) is 1.61. The van der Waals surface area contributed by atoms with E-state index in [0.29, 0.717) is 52.2 Å². The first-order valence-corrected chi connectivity index (χ1v) is 13.2. The number of halogens is 3. The van der Waals surface area contributed by atoms with Gasteiger partial charge in [-0.05, 0) is 47.7 Å². The molecule has 0 aliphatic heterocycles. The van der Waals surface area contributed by atoms with E-state index in [4.69, 9.17) is 34.8 Å². The van der Waals surface area contributed by atoms with Crippen molar-refractivity contribution in [2.45, 2.75) is 39.4 Å². The monoisotopic (exact) mass is 571 g/mol. The van der Waals surface area contributed by atoms with Crippen molar-refractivity contribution in [2.24, 2.45) is 5.92 Å². The van der Waals surface area contributed by atoms with Crippen LogP contribution < -0.4 is 16.0 Å². The molecule has 1 unspecified atom stereocenters. The summed E-state index contributed by atoms with van der Waals surface area (Å²) in [4.78, 5) is 26.6. The lowest BCUT2D eigenvalue weighted by atomic mass is 10.0. The number of carbonyl (C=O) groups excluding carboxylic acids is 1. The smallest absolute Gasteiger partial charge is 0.242 e. The van der Waals surface area contributed by atoms with E-state index in [1.54, 1.807) is 53.6 Å². The third kappa shape index (κ3) is 7.84. The molecule has 38 heavy (non-hydrogen) atoms. The van der Waals surface area contributed by atoms with Crippen LogP contribution in [0.2, 0.25) is 15.1 Å². The van der Waals surface area contributed by atoms with Gasteiger partial charge < -0.3 is 16.0 Å². The van der Waals surface area contributed by atoms with Crippen LogP contribution in [-0.4, -0.2) is 31.5 Å². The fourth-order valence-electron chi connectivity index (χ4n) is 3.75. The van der Waals surface area contributed by atoms with Gasteiger partial charge in [0.2, 0.25) is 11.9 Å². The first-order valence-electron chi connectivity index (χ1n) is 12.1. The Hall–Kier alpha value is -3.33. The molecule has 198 valence electrons. The van der Waals surface area contributed by atoms with Crippen LogP contribution in [0.4, 0.5) is 11.8 Å². The molecule has 1 atom stereocenters. The molecular formula is C27H28Cl3N7O. The summed E-state index contributed by atoms with van der Waals surface area (Å²) in [5.41, 5.74) is 1.81. The topological polar surface area (TPSA) is 96.8 Å². The molecule has 0 saturated carbocycles. The van der Waals surface area contributed by atoms with Crippen molar-refractivity contribution in [1.82, 2.24) is 24.8 Å². The maximum Gasteiger partial charge on any atom is 0.242 e. The number of hydrogen-bond acceptors (Lipinski definition) is 6. The number of hydrogen-bond donors (Lipinski definition) is 3. The maximum absolute atomic E-state index is 13.2. The van der Waals surface area contributed by atoms with E-state index in [2.05, 4.69) is 44.7 Å². The van der Waals surface area contributed by atoms with E-state index in [1.807, 2.05) is 18.2 Å². The second-order valence-electron chi connectivity index (χ2n) is 9.16. The summed E-state index contributed by atoms with van der Waals surface area (Å²) < 4.78 is 1.77. The Balaban J connectivity index is 1.54. The van der Waals surface area contributed by atoms with Gasteiger partial charge in [-0.25, -0.2) is 4.98 Å². The molecule has 0 saturated heterocycles. The minimum absolute atomic E-state index is 0.126. The highest BCUT2D eigenvalue weighted by atomic mass is 35.5. The summed E-state index contributed by atoms with van der Waals surface area (Å²) in [7, 11) is 0. The number of benzene rings is 2. The number of imidazole rings is 1. The molecule has 4 aromatic rings. The van der Waals surface area contributed by atoms with Gasteiger partial charge in [0, 0.05) is 46.6 Å². The number of amides is 1. The molecule has 0 fully saturated rings. The van der Waals surface area contributed by atoms with E-state index in [0.717, 1.165) is 11.1 Å². The van der Waals surface area contributed by atoms with Gasteiger partial charge in [0.25, 0.3) is 0 Å². The Bertz CT molecular complexity index is 1360. The van der Waals surface area contributed by atoms with Gasteiger partial charge in [-0.1, -0.05) is 66.8 Å². The van der Waals surface area contributed by atoms with Crippen LogP contribution in [0.3, 0.4) is 0 Å². The lowest BCUT2D eigenvalue weighted by Crippen LogP contribution is -2.40. The zero-order chi connectivity index (χ0) is 27.1. The second kappa shape index (κ2) is 13.0. The minimum atomic E-state index is -0.508. The minimum Gasteiger partial charge on any atom is -0.358 e. The van der Waals surface area contributed by atoms with Crippen LogP contribution >= 0.6 is 34.8 Å². The molecule has 11 heteroatoms. The first kappa shape index (κ1) is 27.7. The molecule has 0 radical (unpaired) electrons. The zero-order valence-electron chi connectivity index (χ0n) is 21.0. The molecule has 1 amide bonds. The number of anilines is 2. The molecule has 3 N–H and O–H groups in total. The summed E-state index contributed by atoms with van der Waals surface area (Å²) in [6.07, 6.45) is 5.72. The van der Waals surface area contributed by atoms with Crippen molar-refractivity contribution >= 4 is 52.5 Å². The maximum atomic E-state index is 13.2. The van der Waals surface area contributed by atoms with E-state index in [-0.39, 0.29) is 11.8 Å². The average molecular weight is 573 g/mol. The highest BCUT2D eigenvalue weighted by Crippen LogP contribution is 2.23. The van der Waals surface area contributed by atoms with Crippen LogP contribution in [0.5, 0.6) is 0 Å². The molecule has 2 aromatic carbocycles. The fraction of sp³-hybridized carbons (Fsp3) is 0.259. The molecule has 0 spiro atoms. The van der Waals surface area contributed by atoms with Crippen LogP contribution in [0.25, 0.3) is 5.82 Å². The predicted molar refractivity (Wildman–Crippen MR) is 153 cm³/mol. The predicted octanol–water partition coefficient (Wildman–Crippen LogP) is 6.38. The Morgan fingerprint density at radius 2 is 1.74 bits per heavy atom. The molecule has 2 aromatic heterocycles. The van der Waals surface area contributed by atoms with Crippen molar-refractivity contribution in [2.75, 3.05) is 10.6 Å². The van der Waals surface area contributed by atoms with Crippen molar-refractivity contribution < 1.29 is 4.79 Å². The van der Waals surface area contributed by atoms with Crippen molar-refractivity contribution in [3.05, 3.63) is 93.4 Å².